The van der Waals surface area contributed by atoms with Crippen molar-refractivity contribution in [3.05, 3.63) is 24.3 Å². The number of carbonyl (C=O) groups is 1. The van der Waals surface area contributed by atoms with E-state index in [0.29, 0.717) is 12.1 Å². The molecular formula is C13H18N2O3S. The van der Waals surface area contributed by atoms with Gasteiger partial charge in [-0.1, -0.05) is 0 Å². The minimum atomic E-state index is -3.26. The van der Waals surface area contributed by atoms with Crippen LogP contribution in [0.25, 0.3) is 0 Å². The van der Waals surface area contributed by atoms with Crippen LogP contribution in [-0.2, 0) is 14.8 Å². The van der Waals surface area contributed by atoms with Gasteiger partial charge >= 0.3 is 0 Å². The van der Waals surface area contributed by atoms with E-state index in [-0.39, 0.29) is 11.9 Å². The number of sulfonamides is 1. The maximum atomic E-state index is 11.8. The minimum Gasteiger partial charge on any atom is -0.310 e. The monoisotopic (exact) mass is 282 g/mol. The number of amides is 1. The molecule has 1 atom stereocenters. The fourth-order valence-corrected chi connectivity index (χ4v) is 2.75. The molecule has 0 saturated carbocycles. The zero-order chi connectivity index (χ0) is 14.2. The van der Waals surface area contributed by atoms with Crippen molar-refractivity contribution in [3.8, 4) is 0 Å². The summed E-state index contributed by atoms with van der Waals surface area (Å²) in [6.07, 6.45) is 2.60. The second-order valence-electron chi connectivity index (χ2n) is 4.90. The summed E-state index contributed by atoms with van der Waals surface area (Å²) in [4.78, 5) is 13.6. The predicted octanol–water partition coefficient (Wildman–Crippen LogP) is 1.60. The van der Waals surface area contributed by atoms with E-state index in [9.17, 15) is 13.2 Å². The molecule has 0 aliphatic carbocycles. The van der Waals surface area contributed by atoms with Gasteiger partial charge in [0, 0.05) is 25.2 Å². The molecule has 2 rings (SSSR count). The van der Waals surface area contributed by atoms with Gasteiger partial charge in [-0.05, 0) is 37.6 Å². The van der Waals surface area contributed by atoms with Crippen molar-refractivity contribution in [1.82, 2.24) is 0 Å². The van der Waals surface area contributed by atoms with Crippen molar-refractivity contribution < 1.29 is 13.2 Å². The Bertz CT molecular complexity index is 580. The Morgan fingerprint density at radius 3 is 2.26 bits per heavy atom. The van der Waals surface area contributed by atoms with Crippen molar-refractivity contribution >= 4 is 27.3 Å². The van der Waals surface area contributed by atoms with E-state index in [4.69, 9.17) is 0 Å². The molecule has 1 unspecified atom stereocenters. The fraction of sp³-hybridized carbons (Fsp3) is 0.462. The fourth-order valence-electron chi connectivity index (χ4n) is 2.24. The lowest BCUT2D eigenvalue weighted by Crippen LogP contribution is -2.30. The van der Waals surface area contributed by atoms with Gasteiger partial charge in [-0.3, -0.25) is 9.10 Å². The van der Waals surface area contributed by atoms with E-state index >= 15 is 0 Å². The minimum absolute atomic E-state index is 0.122. The summed E-state index contributed by atoms with van der Waals surface area (Å²) in [5, 5.41) is 0. The number of benzene rings is 1. The molecule has 1 aromatic carbocycles. The van der Waals surface area contributed by atoms with Crippen LogP contribution in [-0.4, -0.2) is 33.7 Å². The first kappa shape index (κ1) is 13.9. The Balaban J connectivity index is 2.26. The lowest BCUT2D eigenvalue weighted by atomic mass is 10.2. The largest absolute Gasteiger partial charge is 0.310 e. The van der Waals surface area contributed by atoms with Crippen molar-refractivity contribution in [2.75, 3.05) is 22.5 Å². The first-order valence-corrected chi connectivity index (χ1v) is 8.01. The van der Waals surface area contributed by atoms with Gasteiger partial charge in [-0.2, -0.15) is 0 Å². The van der Waals surface area contributed by atoms with E-state index in [1.54, 1.807) is 29.2 Å². The van der Waals surface area contributed by atoms with Crippen molar-refractivity contribution in [2.45, 2.75) is 25.8 Å². The molecule has 0 radical (unpaired) electrons. The third kappa shape index (κ3) is 2.73. The molecule has 1 fully saturated rings. The van der Waals surface area contributed by atoms with Crippen LogP contribution in [0.4, 0.5) is 11.4 Å². The Morgan fingerprint density at radius 1 is 1.26 bits per heavy atom. The van der Waals surface area contributed by atoms with Gasteiger partial charge < -0.3 is 4.90 Å². The van der Waals surface area contributed by atoms with E-state index in [1.165, 1.54) is 11.4 Å². The van der Waals surface area contributed by atoms with Crippen LogP contribution in [0.3, 0.4) is 0 Å². The number of hydrogen-bond acceptors (Lipinski definition) is 3. The topological polar surface area (TPSA) is 57.7 Å². The summed E-state index contributed by atoms with van der Waals surface area (Å²) in [7, 11) is -1.75. The molecule has 6 heteroatoms. The normalized spacial score (nSPS) is 19.8. The highest BCUT2D eigenvalue weighted by Gasteiger charge is 2.28. The summed E-state index contributed by atoms with van der Waals surface area (Å²) in [5.74, 6) is 0.122. The van der Waals surface area contributed by atoms with Gasteiger partial charge in [0.15, 0.2) is 0 Å². The van der Waals surface area contributed by atoms with Gasteiger partial charge in [-0.15, -0.1) is 0 Å². The van der Waals surface area contributed by atoms with Crippen LogP contribution in [0, 0.1) is 0 Å². The van der Waals surface area contributed by atoms with Crippen LogP contribution in [0.2, 0.25) is 0 Å². The SMILES string of the molecule is CC1CCC(=O)N1c1ccc(N(C)S(C)(=O)=O)cc1. The lowest BCUT2D eigenvalue weighted by Gasteiger charge is -2.23. The Kier molecular flexibility index (Phi) is 3.54. The average Bonchev–Trinajstić information content (AvgIpc) is 2.67. The highest BCUT2D eigenvalue weighted by molar-refractivity contribution is 7.92. The number of hydrogen-bond donors (Lipinski definition) is 0. The van der Waals surface area contributed by atoms with E-state index in [0.717, 1.165) is 18.4 Å². The van der Waals surface area contributed by atoms with Gasteiger partial charge in [0.05, 0.1) is 11.9 Å². The highest BCUT2D eigenvalue weighted by Crippen LogP contribution is 2.28. The first-order chi connectivity index (χ1) is 8.80. The quantitative estimate of drug-likeness (QED) is 0.846. The summed E-state index contributed by atoms with van der Waals surface area (Å²) in [6.45, 7) is 2.02. The van der Waals surface area contributed by atoms with E-state index in [1.807, 2.05) is 6.92 Å². The molecule has 1 amide bonds. The van der Waals surface area contributed by atoms with Crippen molar-refractivity contribution in [2.24, 2.45) is 0 Å². The second-order valence-corrected chi connectivity index (χ2v) is 6.91. The molecule has 1 aromatic rings. The number of rotatable bonds is 3. The Labute approximate surface area is 113 Å². The second kappa shape index (κ2) is 4.85. The van der Waals surface area contributed by atoms with Gasteiger partial charge in [-0.25, -0.2) is 8.42 Å². The molecule has 0 N–H and O–H groups in total. The number of carbonyl (C=O) groups excluding carboxylic acids is 1. The summed E-state index contributed by atoms with van der Waals surface area (Å²) in [5.41, 5.74) is 1.41. The molecule has 1 aliphatic rings. The lowest BCUT2D eigenvalue weighted by molar-refractivity contribution is -0.117. The first-order valence-electron chi connectivity index (χ1n) is 6.17. The van der Waals surface area contributed by atoms with Crippen LogP contribution in [0.5, 0.6) is 0 Å². The van der Waals surface area contributed by atoms with Crippen LogP contribution >= 0.6 is 0 Å². The van der Waals surface area contributed by atoms with Gasteiger partial charge in [0.1, 0.15) is 0 Å². The van der Waals surface area contributed by atoms with E-state index in [2.05, 4.69) is 0 Å². The van der Waals surface area contributed by atoms with Crippen molar-refractivity contribution in [3.63, 3.8) is 0 Å². The predicted molar refractivity (Wildman–Crippen MR) is 75.9 cm³/mol. The van der Waals surface area contributed by atoms with Crippen molar-refractivity contribution in [1.29, 1.82) is 0 Å². The van der Waals surface area contributed by atoms with Gasteiger partial charge in [0.25, 0.3) is 0 Å². The Morgan fingerprint density at radius 2 is 1.84 bits per heavy atom. The zero-order valence-electron chi connectivity index (χ0n) is 11.3. The standard InChI is InChI=1S/C13H18N2O3S/c1-10-4-9-13(16)15(10)12-7-5-11(6-8-12)14(2)19(3,17)18/h5-8,10H,4,9H2,1-3H3. The molecule has 104 valence electrons. The highest BCUT2D eigenvalue weighted by atomic mass is 32.2. The van der Waals surface area contributed by atoms with Crippen LogP contribution in [0.1, 0.15) is 19.8 Å². The smallest absolute Gasteiger partial charge is 0.231 e. The van der Waals surface area contributed by atoms with Gasteiger partial charge in [0.2, 0.25) is 15.9 Å². The molecule has 1 saturated heterocycles. The summed E-state index contributed by atoms with van der Waals surface area (Å²) in [6, 6.07) is 7.21. The molecule has 0 bridgehead atoms. The third-order valence-corrected chi connectivity index (χ3v) is 4.68. The number of anilines is 2. The maximum absolute atomic E-state index is 11.8. The average molecular weight is 282 g/mol. The molecule has 1 heterocycles. The number of nitrogens with zero attached hydrogens (tertiary/aromatic N) is 2. The zero-order valence-corrected chi connectivity index (χ0v) is 12.1. The molecular weight excluding hydrogens is 264 g/mol. The third-order valence-electron chi connectivity index (χ3n) is 3.47. The Hall–Kier alpha value is -1.56. The van der Waals surface area contributed by atoms with Crippen LogP contribution in [0.15, 0.2) is 24.3 Å². The van der Waals surface area contributed by atoms with Crippen LogP contribution < -0.4 is 9.21 Å². The molecule has 19 heavy (non-hydrogen) atoms. The van der Waals surface area contributed by atoms with E-state index < -0.39 is 10.0 Å². The molecule has 0 spiro atoms. The molecule has 0 aromatic heterocycles. The summed E-state index contributed by atoms with van der Waals surface area (Å²) < 4.78 is 24.1. The maximum Gasteiger partial charge on any atom is 0.231 e. The summed E-state index contributed by atoms with van der Waals surface area (Å²) >= 11 is 0. The molecule has 1 aliphatic heterocycles. The molecule has 5 nitrogen and oxygen atoms in total.